The van der Waals surface area contributed by atoms with E-state index in [2.05, 4.69) is 15.4 Å². The summed E-state index contributed by atoms with van der Waals surface area (Å²) in [5, 5.41) is 18.3. The fourth-order valence-corrected chi connectivity index (χ4v) is 3.15. The zero-order valence-corrected chi connectivity index (χ0v) is 14.5. The van der Waals surface area contributed by atoms with Crippen LogP contribution < -0.4 is 10.1 Å². The molecule has 24 heavy (non-hydrogen) atoms. The first kappa shape index (κ1) is 16.5. The summed E-state index contributed by atoms with van der Waals surface area (Å²) in [6.45, 7) is 3.15. The molecule has 0 aliphatic rings. The Morgan fingerprint density at radius 2 is 2.21 bits per heavy atom. The summed E-state index contributed by atoms with van der Waals surface area (Å²) >= 11 is 1.67. The van der Waals surface area contributed by atoms with Gasteiger partial charge in [-0.3, -0.25) is 0 Å². The number of methoxy groups -OCH3 is 1. The lowest BCUT2D eigenvalue weighted by Gasteiger charge is -2.07. The zero-order chi connectivity index (χ0) is 16.9. The van der Waals surface area contributed by atoms with Gasteiger partial charge < -0.3 is 15.2 Å². The molecule has 0 atom stereocenters. The van der Waals surface area contributed by atoms with Crippen LogP contribution in [0.25, 0.3) is 11.3 Å². The van der Waals surface area contributed by atoms with Crippen LogP contribution >= 0.6 is 11.3 Å². The highest BCUT2D eigenvalue weighted by molar-refractivity contribution is 7.11. The largest absolute Gasteiger partial charge is 0.497 e. The molecule has 0 aliphatic carbocycles. The summed E-state index contributed by atoms with van der Waals surface area (Å²) in [5.41, 5.74) is 1.81. The van der Waals surface area contributed by atoms with Gasteiger partial charge in [-0.25, -0.2) is 9.67 Å². The third-order valence-electron chi connectivity index (χ3n) is 3.57. The van der Waals surface area contributed by atoms with E-state index >= 15 is 0 Å². The maximum absolute atomic E-state index is 9.28. The summed E-state index contributed by atoms with van der Waals surface area (Å²) < 4.78 is 7.05. The summed E-state index contributed by atoms with van der Waals surface area (Å²) in [7, 11) is 1.65. The van der Waals surface area contributed by atoms with Gasteiger partial charge in [0.1, 0.15) is 11.6 Å². The molecule has 3 aromatic rings. The second-order valence-electron chi connectivity index (χ2n) is 5.29. The van der Waals surface area contributed by atoms with Crippen molar-refractivity contribution in [3.8, 4) is 17.0 Å². The normalized spacial score (nSPS) is 10.8. The second kappa shape index (κ2) is 7.46. The summed E-state index contributed by atoms with van der Waals surface area (Å²) in [4.78, 5) is 5.42. The summed E-state index contributed by atoms with van der Waals surface area (Å²) in [6.07, 6.45) is 1.88. The van der Waals surface area contributed by atoms with Gasteiger partial charge in [0.05, 0.1) is 37.5 Å². The molecule has 2 N–H and O–H groups in total. The van der Waals surface area contributed by atoms with Gasteiger partial charge in [0.25, 0.3) is 0 Å². The first-order chi connectivity index (χ1) is 11.7. The van der Waals surface area contributed by atoms with Crippen LogP contribution in [-0.2, 0) is 13.1 Å². The second-order valence-corrected chi connectivity index (χ2v) is 6.61. The van der Waals surface area contributed by atoms with Crippen molar-refractivity contribution >= 4 is 17.2 Å². The first-order valence-electron chi connectivity index (χ1n) is 7.68. The van der Waals surface area contributed by atoms with Gasteiger partial charge in [-0.2, -0.15) is 5.10 Å². The topological polar surface area (TPSA) is 72.2 Å². The van der Waals surface area contributed by atoms with Crippen molar-refractivity contribution in [3.05, 3.63) is 46.4 Å². The average molecular weight is 344 g/mol. The van der Waals surface area contributed by atoms with Gasteiger partial charge in [0, 0.05) is 22.7 Å². The molecule has 0 fully saturated rings. The van der Waals surface area contributed by atoms with Gasteiger partial charge in [0.15, 0.2) is 0 Å². The predicted molar refractivity (Wildman–Crippen MR) is 95.5 cm³/mol. The van der Waals surface area contributed by atoms with Crippen molar-refractivity contribution in [2.75, 3.05) is 19.0 Å². The monoisotopic (exact) mass is 344 g/mol. The maximum Gasteiger partial charge on any atom is 0.125 e. The molecule has 6 nitrogen and oxygen atoms in total. The van der Waals surface area contributed by atoms with Gasteiger partial charge in [0.2, 0.25) is 0 Å². The minimum Gasteiger partial charge on any atom is -0.497 e. The number of nitrogens with one attached hydrogen (secondary N) is 1. The van der Waals surface area contributed by atoms with Gasteiger partial charge in [-0.15, -0.1) is 11.3 Å². The number of benzene rings is 1. The number of aliphatic hydroxyl groups excluding tert-OH is 1. The van der Waals surface area contributed by atoms with Crippen LogP contribution in [0.2, 0.25) is 0 Å². The molecule has 0 aliphatic heterocycles. The molecule has 0 unspecified atom stereocenters. The molecule has 0 saturated carbocycles. The van der Waals surface area contributed by atoms with Crippen molar-refractivity contribution in [2.45, 2.75) is 20.0 Å². The molecule has 2 heterocycles. The number of anilines is 1. The third-order valence-corrected chi connectivity index (χ3v) is 4.48. The molecule has 1 aromatic carbocycles. The summed E-state index contributed by atoms with van der Waals surface area (Å²) in [5.74, 6) is 1.66. The van der Waals surface area contributed by atoms with E-state index in [0.29, 0.717) is 13.1 Å². The zero-order valence-electron chi connectivity index (χ0n) is 13.7. The minimum absolute atomic E-state index is 0.0353. The summed E-state index contributed by atoms with van der Waals surface area (Å²) in [6, 6.07) is 9.76. The molecule has 2 aromatic heterocycles. The van der Waals surface area contributed by atoms with E-state index in [1.54, 1.807) is 23.1 Å². The van der Waals surface area contributed by atoms with E-state index in [-0.39, 0.29) is 6.61 Å². The molecular weight excluding hydrogens is 324 g/mol. The third kappa shape index (κ3) is 3.74. The minimum atomic E-state index is 0.0353. The lowest BCUT2D eigenvalue weighted by molar-refractivity contribution is 0.270. The number of rotatable bonds is 7. The lowest BCUT2D eigenvalue weighted by atomic mass is 10.1. The van der Waals surface area contributed by atoms with Crippen LogP contribution in [0.1, 0.15) is 9.88 Å². The number of nitrogens with zero attached hydrogens (tertiary/aromatic N) is 3. The number of aryl methyl sites for hydroxylation is 1. The number of aromatic nitrogens is 3. The number of aliphatic hydroxyl groups is 1. The van der Waals surface area contributed by atoms with Crippen molar-refractivity contribution < 1.29 is 9.84 Å². The van der Waals surface area contributed by atoms with E-state index in [9.17, 15) is 5.11 Å². The first-order valence-corrected chi connectivity index (χ1v) is 8.49. The predicted octanol–water partition coefficient (Wildman–Crippen LogP) is 2.93. The standard InChI is InChI=1S/C17H20N4O2S/c1-12-18-10-15(24-12)11-19-17-9-16(20-21(17)6-7-22)13-4-3-5-14(8-13)23-2/h3-5,8-10,19,22H,6-7,11H2,1-2H3. The molecule has 0 radical (unpaired) electrons. The Hall–Kier alpha value is -2.38. The fourth-order valence-electron chi connectivity index (χ4n) is 2.41. The number of hydrogen-bond acceptors (Lipinski definition) is 6. The van der Waals surface area contributed by atoms with Crippen molar-refractivity contribution in [2.24, 2.45) is 0 Å². The van der Waals surface area contributed by atoms with E-state index in [0.717, 1.165) is 32.7 Å². The van der Waals surface area contributed by atoms with Gasteiger partial charge >= 0.3 is 0 Å². The Bertz CT molecular complexity index is 813. The Morgan fingerprint density at radius 1 is 1.33 bits per heavy atom. The van der Waals surface area contributed by atoms with Crippen molar-refractivity contribution in [1.29, 1.82) is 0 Å². The van der Waals surface area contributed by atoms with Crippen LogP contribution in [0.5, 0.6) is 5.75 Å². The van der Waals surface area contributed by atoms with Crippen LogP contribution in [0, 0.1) is 6.92 Å². The average Bonchev–Trinajstić information content (AvgIpc) is 3.20. The van der Waals surface area contributed by atoms with Crippen molar-refractivity contribution in [1.82, 2.24) is 14.8 Å². The Kier molecular flexibility index (Phi) is 5.12. The maximum atomic E-state index is 9.28. The van der Waals surface area contributed by atoms with E-state index < -0.39 is 0 Å². The lowest BCUT2D eigenvalue weighted by Crippen LogP contribution is -2.09. The highest BCUT2D eigenvalue weighted by atomic mass is 32.1. The highest BCUT2D eigenvalue weighted by Gasteiger charge is 2.10. The number of ether oxygens (including phenoxy) is 1. The van der Waals surface area contributed by atoms with Crippen LogP contribution in [0.4, 0.5) is 5.82 Å². The molecule has 0 spiro atoms. The molecule has 0 amide bonds. The van der Waals surface area contributed by atoms with E-state index in [1.807, 2.05) is 43.5 Å². The molecule has 0 saturated heterocycles. The van der Waals surface area contributed by atoms with Crippen molar-refractivity contribution in [3.63, 3.8) is 0 Å². The number of hydrogen-bond donors (Lipinski definition) is 2. The molecule has 7 heteroatoms. The molecule has 126 valence electrons. The molecule has 3 rings (SSSR count). The fraction of sp³-hybridized carbons (Fsp3) is 0.294. The molecule has 0 bridgehead atoms. The van der Waals surface area contributed by atoms with Gasteiger partial charge in [-0.1, -0.05) is 12.1 Å². The Balaban J connectivity index is 1.83. The Morgan fingerprint density at radius 3 is 2.92 bits per heavy atom. The SMILES string of the molecule is COc1cccc(-c2cc(NCc3cnc(C)s3)n(CCO)n2)c1. The highest BCUT2D eigenvalue weighted by Crippen LogP contribution is 2.26. The smallest absolute Gasteiger partial charge is 0.125 e. The number of thiazole rings is 1. The van der Waals surface area contributed by atoms with Crippen LogP contribution in [0.3, 0.4) is 0 Å². The van der Waals surface area contributed by atoms with E-state index in [1.165, 1.54) is 0 Å². The quantitative estimate of drug-likeness (QED) is 0.689. The van der Waals surface area contributed by atoms with Gasteiger partial charge in [-0.05, 0) is 19.1 Å². The molecular formula is C17H20N4O2S. The van der Waals surface area contributed by atoms with E-state index in [4.69, 9.17) is 4.74 Å². The van der Waals surface area contributed by atoms with Crippen LogP contribution in [0.15, 0.2) is 36.5 Å². The van der Waals surface area contributed by atoms with Crippen LogP contribution in [-0.4, -0.2) is 33.6 Å². The Labute approximate surface area is 144 Å².